The molecule has 0 unspecified atom stereocenters. The summed E-state index contributed by atoms with van der Waals surface area (Å²) in [5.74, 6) is 1.21. The molecule has 0 spiro atoms. The second-order valence-corrected chi connectivity index (χ2v) is 9.72. The van der Waals surface area contributed by atoms with Gasteiger partial charge in [0.25, 0.3) is 0 Å². The number of ether oxygens (including phenoxy) is 3. The van der Waals surface area contributed by atoms with Gasteiger partial charge in [0.2, 0.25) is 23.0 Å². The number of hydrogen-bond donors (Lipinski definition) is 4. The van der Waals surface area contributed by atoms with Crippen molar-refractivity contribution in [2.45, 2.75) is 38.6 Å². The Morgan fingerprint density at radius 1 is 0.976 bits per heavy atom. The fraction of sp³-hybridized carbons (Fsp3) is 0.323. The van der Waals surface area contributed by atoms with Gasteiger partial charge in [-0.25, -0.2) is 0 Å². The number of phenolic OH excluding ortho intramolecular Hbond substituents is 1. The first kappa shape index (κ1) is 29.3. The lowest BCUT2D eigenvalue weighted by Gasteiger charge is -2.19. The van der Waals surface area contributed by atoms with Crippen molar-refractivity contribution < 1.29 is 28.9 Å². The van der Waals surface area contributed by atoms with Crippen LogP contribution in [0, 0.1) is 0 Å². The van der Waals surface area contributed by atoms with Crippen LogP contribution in [0.15, 0.2) is 53.3 Å². The zero-order chi connectivity index (χ0) is 29.5. The van der Waals surface area contributed by atoms with E-state index >= 15 is 0 Å². The van der Waals surface area contributed by atoms with Crippen molar-refractivity contribution in [3.05, 3.63) is 69.9 Å². The Labute approximate surface area is 238 Å². The predicted molar refractivity (Wildman–Crippen MR) is 157 cm³/mol. The van der Waals surface area contributed by atoms with E-state index in [1.165, 1.54) is 26.2 Å². The quantitative estimate of drug-likeness (QED) is 0.211. The number of carbonyl (C=O) groups excluding carboxylic acids is 2. The molecule has 1 aliphatic carbocycles. The summed E-state index contributed by atoms with van der Waals surface area (Å²) in [7, 11) is 4.66. The summed E-state index contributed by atoms with van der Waals surface area (Å²) in [4.78, 5) is 37.8. The summed E-state index contributed by atoms with van der Waals surface area (Å²) in [5.41, 5.74) is 3.88. The summed E-state index contributed by atoms with van der Waals surface area (Å²) in [5, 5.41) is 18.3. The molecule has 4 N–H and O–H groups in total. The van der Waals surface area contributed by atoms with Crippen LogP contribution in [0.3, 0.4) is 0 Å². The zero-order valence-corrected chi connectivity index (χ0v) is 23.6. The number of fused-ring (bicyclic) bond motifs is 3. The molecule has 41 heavy (non-hydrogen) atoms. The molecule has 216 valence electrons. The normalized spacial score (nSPS) is 13.6. The minimum atomic E-state index is -0.395. The molecule has 0 heterocycles. The SMILES string of the molecule is COc1cc2c(c(OC)c1OC)-c1ccc(NCCCC(=O)Nc3ccc(O)cc3)c(=O)cc1[C@@H](NC(C)=O)CC2. The Bertz CT molecular complexity index is 1490. The third kappa shape index (κ3) is 6.71. The van der Waals surface area contributed by atoms with Gasteiger partial charge in [-0.05, 0) is 78.4 Å². The summed E-state index contributed by atoms with van der Waals surface area (Å²) in [6, 6.07) is 12.9. The molecule has 2 amide bonds. The fourth-order valence-electron chi connectivity index (χ4n) is 5.09. The topological polar surface area (TPSA) is 135 Å². The zero-order valence-electron chi connectivity index (χ0n) is 23.6. The number of carbonyl (C=O) groups is 2. The van der Waals surface area contributed by atoms with Gasteiger partial charge in [0.15, 0.2) is 11.5 Å². The average Bonchev–Trinajstić information content (AvgIpc) is 3.19. The van der Waals surface area contributed by atoms with Crippen molar-refractivity contribution >= 4 is 23.2 Å². The first-order chi connectivity index (χ1) is 19.7. The second-order valence-electron chi connectivity index (χ2n) is 9.72. The molecule has 0 radical (unpaired) electrons. The molecular formula is C31H35N3O7. The lowest BCUT2D eigenvalue weighted by atomic mass is 9.95. The number of amides is 2. The Morgan fingerprint density at radius 3 is 2.37 bits per heavy atom. The van der Waals surface area contributed by atoms with Crippen LogP contribution in [-0.4, -0.2) is 44.8 Å². The lowest BCUT2D eigenvalue weighted by Crippen LogP contribution is -2.26. The molecule has 1 atom stereocenters. The Kier molecular flexibility index (Phi) is 9.34. The van der Waals surface area contributed by atoms with E-state index in [4.69, 9.17) is 14.2 Å². The van der Waals surface area contributed by atoms with Gasteiger partial charge in [-0.2, -0.15) is 0 Å². The van der Waals surface area contributed by atoms with E-state index < -0.39 is 6.04 Å². The molecule has 3 aromatic carbocycles. The van der Waals surface area contributed by atoms with Crippen molar-refractivity contribution in [2.24, 2.45) is 0 Å². The van der Waals surface area contributed by atoms with Crippen molar-refractivity contribution in [2.75, 3.05) is 38.5 Å². The number of hydrogen-bond acceptors (Lipinski definition) is 8. The highest BCUT2D eigenvalue weighted by Crippen LogP contribution is 2.50. The highest BCUT2D eigenvalue weighted by atomic mass is 16.5. The number of aromatic hydroxyl groups is 1. The van der Waals surface area contributed by atoms with Crippen LogP contribution < -0.4 is 35.6 Å². The second kappa shape index (κ2) is 13.1. The Morgan fingerprint density at radius 2 is 1.71 bits per heavy atom. The minimum absolute atomic E-state index is 0.123. The van der Waals surface area contributed by atoms with E-state index in [-0.39, 0.29) is 29.4 Å². The third-order valence-corrected chi connectivity index (χ3v) is 6.96. The Hall–Kier alpha value is -4.73. The fourth-order valence-corrected chi connectivity index (χ4v) is 5.09. The van der Waals surface area contributed by atoms with Crippen LogP contribution in [-0.2, 0) is 16.0 Å². The minimum Gasteiger partial charge on any atom is -0.508 e. The number of benzene rings is 2. The molecule has 1 aliphatic rings. The van der Waals surface area contributed by atoms with Crippen LogP contribution in [0.25, 0.3) is 11.1 Å². The van der Waals surface area contributed by atoms with E-state index in [0.29, 0.717) is 60.0 Å². The highest BCUT2D eigenvalue weighted by Gasteiger charge is 2.29. The van der Waals surface area contributed by atoms with Gasteiger partial charge < -0.3 is 35.3 Å². The van der Waals surface area contributed by atoms with Crippen molar-refractivity contribution in [3.8, 4) is 34.1 Å². The smallest absolute Gasteiger partial charge is 0.224 e. The summed E-state index contributed by atoms with van der Waals surface area (Å²) < 4.78 is 17.0. The maximum absolute atomic E-state index is 13.4. The number of nitrogens with one attached hydrogen (secondary N) is 3. The van der Waals surface area contributed by atoms with Gasteiger partial charge in [0, 0.05) is 31.1 Å². The monoisotopic (exact) mass is 561 g/mol. The maximum Gasteiger partial charge on any atom is 0.224 e. The van der Waals surface area contributed by atoms with E-state index in [9.17, 15) is 19.5 Å². The van der Waals surface area contributed by atoms with Crippen LogP contribution in [0.4, 0.5) is 11.4 Å². The number of aryl methyl sites for hydroxylation is 1. The molecule has 0 bridgehead atoms. The van der Waals surface area contributed by atoms with E-state index in [1.807, 2.05) is 12.1 Å². The van der Waals surface area contributed by atoms with Crippen LogP contribution in [0.5, 0.6) is 23.0 Å². The van der Waals surface area contributed by atoms with Crippen molar-refractivity contribution in [1.82, 2.24) is 5.32 Å². The molecule has 10 nitrogen and oxygen atoms in total. The molecule has 0 saturated heterocycles. The molecular weight excluding hydrogens is 526 g/mol. The number of methoxy groups -OCH3 is 3. The lowest BCUT2D eigenvalue weighted by molar-refractivity contribution is -0.119. The molecule has 3 aromatic rings. The van der Waals surface area contributed by atoms with Gasteiger partial charge in [-0.1, -0.05) is 6.07 Å². The van der Waals surface area contributed by atoms with Crippen molar-refractivity contribution in [3.63, 3.8) is 0 Å². The van der Waals surface area contributed by atoms with Gasteiger partial charge in [0.05, 0.1) is 33.1 Å². The first-order valence-corrected chi connectivity index (χ1v) is 13.4. The average molecular weight is 562 g/mol. The van der Waals surface area contributed by atoms with Gasteiger partial charge in [-0.3, -0.25) is 14.4 Å². The molecule has 4 rings (SSSR count). The summed E-state index contributed by atoms with van der Waals surface area (Å²) in [6.45, 7) is 1.85. The van der Waals surface area contributed by atoms with Gasteiger partial charge in [-0.15, -0.1) is 0 Å². The number of phenols is 1. The first-order valence-electron chi connectivity index (χ1n) is 13.4. The van der Waals surface area contributed by atoms with Crippen LogP contribution >= 0.6 is 0 Å². The standard InChI is InChI=1S/C31H35N3O7/c1-18(35)33-24-13-7-19-16-27(39-2)30(40-3)31(41-4)29(19)22-12-14-25(26(37)17-23(22)24)32-15-5-6-28(38)34-20-8-10-21(36)11-9-20/h8-12,14,16-17,24,36H,5-7,13,15H2,1-4H3,(H,32,37)(H,33,35)(H,34,38)/t24-/m0/s1. The Balaban J connectivity index is 1.63. The van der Waals surface area contributed by atoms with E-state index in [1.54, 1.807) is 38.5 Å². The highest BCUT2D eigenvalue weighted by molar-refractivity contribution is 5.90. The predicted octanol–water partition coefficient (Wildman–Crippen LogP) is 4.40. The largest absolute Gasteiger partial charge is 0.508 e. The molecule has 0 aromatic heterocycles. The van der Waals surface area contributed by atoms with Crippen LogP contribution in [0.2, 0.25) is 0 Å². The molecule has 0 saturated carbocycles. The van der Waals surface area contributed by atoms with E-state index in [0.717, 1.165) is 16.7 Å². The molecule has 10 heteroatoms. The van der Waals surface area contributed by atoms with E-state index in [2.05, 4.69) is 16.0 Å². The van der Waals surface area contributed by atoms with Gasteiger partial charge in [0.1, 0.15) is 5.75 Å². The van der Waals surface area contributed by atoms with Crippen molar-refractivity contribution in [1.29, 1.82) is 0 Å². The molecule has 0 fully saturated rings. The third-order valence-electron chi connectivity index (χ3n) is 6.96. The number of rotatable bonds is 10. The maximum atomic E-state index is 13.4. The number of anilines is 2. The van der Waals surface area contributed by atoms with Crippen LogP contribution in [0.1, 0.15) is 43.4 Å². The summed E-state index contributed by atoms with van der Waals surface area (Å²) >= 11 is 0. The molecule has 0 aliphatic heterocycles. The summed E-state index contributed by atoms with van der Waals surface area (Å²) in [6.07, 6.45) is 1.92. The van der Waals surface area contributed by atoms with Gasteiger partial charge >= 0.3 is 0 Å².